The minimum Gasteiger partial charge on any atom is -0.353 e. The van der Waals surface area contributed by atoms with Crippen LogP contribution in [0.25, 0.3) is 0 Å². The Bertz CT molecular complexity index is 374. The molecule has 0 aromatic carbocycles. The van der Waals surface area contributed by atoms with Crippen LogP contribution in [0.15, 0.2) is 0 Å². The number of likely N-dealkylation sites (N-methyl/N-ethyl adjacent to an activating group) is 1. The summed E-state index contributed by atoms with van der Waals surface area (Å²) in [5.74, 6) is 1.35. The first-order valence-electron chi connectivity index (χ1n) is 7.63. The average molecular weight is 352 g/mol. The van der Waals surface area contributed by atoms with Crippen LogP contribution in [0.1, 0.15) is 41.0 Å². The molecule has 2 amide bonds. The molecule has 0 saturated carbocycles. The molecule has 1 aliphatic heterocycles. The number of carbonyl (C=O) groups excluding carboxylic acids is 2. The lowest BCUT2D eigenvalue weighted by atomic mass is 9.91. The number of hydrogen-bond donors (Lipinski definition) is 2. The van der Waals surface area contributed by atoms with Crippen molar-refractivity contribution >= 4 is 36.0 Å². The van der Waals surface area contributed by atoms with Gasteiger partial charge in [0, 0.05) is 24.8 Å². The highest BCUT2D eigenvalue weighted by molar-refractivity contribution is 7.99. The van der Waals surface area contributed by atoms with E-state index in [9.17, 15) is 9.59 Å². The lowest BCUT2D eigenvalue weighted by Gasteiger charge is -2.27. The first-order valence-corrected chi connectivity index (χ1v) is 8.78. The van der Waals surface area contributed by atoms with Crippen molar-refractivity contribution in [2.75, 3.05) is 24.7 Å². The Balaban J connectivity index is 0.00000441. The van der Waals surface area contributed by atoms with Gasteiger partial charge < -0.3 is 15.5 Å². The number of thioether (sulfide) groups is 1. The van der Waals surface area contributed by atoms with E-state index in [0.29, 0.717) is 24.6 Å². The Labute approximate surface area is 144 Å². The van der Waals surface area contributed by atoms with Gasteiger partial charge in [0.15, 0.2) is 0 Å². The molecule has 0 bridgehead atoms. The maximum Gasteiger partial charge on any atom is 0.243 e. The topological polar surface area (TPSA) is 61.4 Å². The normalized spacial score (nSPS) is 19.5. The highest BCUT2D eigenvalue weighted by Crippen LogP contribution is 2.26. The molecule has 0 spiro atoms. The van der Waals surface area contributed by atoms with Crippen molar-refractivity contribution < 1.29 is 9.59 Å². The van der Waals surface area contributed by atoms with Gasteiger partial charge in [0.05, 0.1) is 5.88 Å². The van der Waals surface area contributed by atoms with Crippen molar-refractivity contribution in [2.45, 2.75) is 53.1 Å². The number of nitrogens with one attached hydrogen (secondary N) is 2. The van der Waals surface area contributed by atoms with E-state index in [1.807, 2.05) is 34.6 Å². The van der Waals surface area contributed by atoms with Gasteiger partial charge >= 0.3 is 0 Å². The molecule has 1 saturated heterocycles. The molecule has 5 nitrogen and oxygen atoms in total. The first kappa shape index (κ1) is 21.5. The van der Waals surface area contributed by atoms with E-state index in [4.69, 9.17) is 0 Å². The van der Waals surface area contributed by atoms with E-state index in [1.165, 1.54) is 0 Å². The molecule has 0 aliphatic carbocycles. The van der Waals surface area contributed by atoms with Gasteiger partial charge in [0.2, 0.25) is 11.8 Å². The van der Waals surface area contributed by atoms with Crippen molar-refractivity contribution in [3.63, 3.8) is 0 Å². The van der Waals surface area contributed by atoms with Crippen LogP contribution in [0.3, 0.4) is 0 Å². The Morgan fingerprint density at radius 3 is 2.55 bits per heavy atom. The highest BCUT2D eigenvalue weighted by Gasteiger charge is 2.35. The summed E-state index contributed by atoms with van der Waals surface area (Å²) in [5.41, 5.74) is -0.0507. The van der Waals surface area contributed by atoms with Gasteiger partial charge in [-0.2, -0.15) is 0 Å². The Hall–Kier alpha value is -0.460. The molecule has 1 fully saturated rings. The Kier molecular flexibility index (Phi) is 9.43. The van der Waals surface area contributed by atoms with Crippen molar-refractivity contribution in [2.24, 2.45) is 5.41 Å². The summed E-state index contributed by atoms with van der Waals surface area (Å²) in [6.45, 7) is 11.7. The van der Waals surface area contributed by atoms with Crippen LogP contribution in [-0.2, 0) is 9.59 Å². The second-order valence-corrected chi connectivity index (χ2v) is 7.82. The quantitative estimate of drug-likeness (QED) is 0.766. The van der Waals surface area contributed by atoms with Gasteiger partial charge in [-0.3, -0.25) is 9.59 Å². The minimum atomic E-state index is -0.321. The van der Waals surface area contributed by atoms with E-state index in [2.05, 4.69) is 10.6 Å². The fourth-order valence-corrected chi connectivity index (χ4v) is 3.43. The van der Waals surface area contributed by atoms with Crippen molar-refractivity contribution in [1.29, 1.82) is 0 Å². The fraction of sp³-hybridized carbons (Fsp3) is 0.867. The first-order chi connectivity index (χ1) is 9.74. The SMILES string of the molecule is CCN[C@H](C)CNC(=O)C1CSCN1C(=O)CC(C)(C)C.Cl. The summed E-state index contributed by atoms with van der Waals surface area (Å²) < 4.78 is 0. The molecule has 7 heteroatoms. The predicted molar refractivity (Wildman–Crippen MR) is 95.4 cm³/mol. The monoisotopic (exact) mass is 351 g/mol. The fourth-order valence-electron chi connectivity index (χ4n) is 2.25. The van der Waals surface area contributed by atoms with Crippen LogP contribution in [0, 0.1) is 5.41 Å². The largest absolute Gasteiger partial charge is 0.353 e. The van der Waals surface area contributed by atoms with E-state index in [0.717, 1.165) is 6.54 Å². The number of carbonyl (C=O) groups is 2. The van der Waals surface area contributed by atoms with Gasteiger partial charge in [0.25, 0.3) is 0 Å². The third-order valence-electron chi connectivity index (χ3n) is 3.32. The van der Waals surface area contributed by atoms with E-state index in [-0.39, 0.29) is 41.7 Å². The van der Waals surface area contributed by atoms with Crippen molar-refractivity contribution in [3.8, 4) is 0 Å². The van der Waals surface area contributed by atoms with Crippen molar-refractivity contribution in [1.82, 2.24) is 15.5 Å². The second kappa shape index (κ2) is 9.63. The second-order valence-electron chi connectivity index (χ2n) is 6.82. The molecule has 0 radical (unpaired) electrons. The zero-order valence-corrected chi connectivity index (χ0v) is 15.9. The summed E-state index contributed by atoms with van der Waals surface area (Å²) in [6.07, 6.45) is 0.477. The van der Waals surface area contributed by atoms with E-state index in [1.54, 1.807) is 16.7 Å². The van der Waals surface area contributed by atoms with E-state index < -0.39 is 0 Å². The number of amides is 2. The minimum absolute atomic E-state index is 0. The Morgan fingerprint density at radius 1 is 1.36 bits per heavy atom. The van der Waals surface area contributed by atoms with Crippen LogP contribution >= 0.6 is 24.2 Å². The van der Waals surface area contributed by atoms with Gasteiger partial charge in [-0.15, -0.1) is 24.2 Å². The maximum absolute atomic E-state index is 12.3. The molecular formula is C15H30ClN3O2S. The molecule has 130 valence electrons. The standard InChI is InChI=1S/C15H29N3O2S.ClH/c1-6-16-11(2)8-17-14(20)12-9-21-10-18(12)13(19)7-15(3,4)5;/h11-12,16H,6-10H2,1-5H3,(H,17,20);1H/t11-,12?;/m1./s1. The molecule has 2 N–H and O–H groups in total. The predicted octanol–water partition coefficient (Wildman–Crippen LogP) is 1.86. The lowest BCUT2D eigenvalue weighted by Crippen LogP contribution is -2.50. The summed E-state index contributed by atoms with van der Waals surface area (Å²) in [7, 11) is 0. The summed E-state index contributed by atoms with van der Waals surface area (Å²) >= 11 is 1.65. The van der Waals surface area contributed by atoms with Crippen LogP contribution in [0.5, 0.6) is 0 Å². The van der Waals surface area contributed by atoms with Crippen LogP contribution in [-0.4, -0.2) is 53.5 Å². The van der Waals surface area contributed by atoms with Crippen LogP contribution < -0.4 is 10.6 Å². The third kappa shape index (κ3) is 7.20. The smallest absolute Gasteiger partial charge is 0.243 e. The molecule has 2 atom stereocenters. The molecule has 0 aromatic rings. The number of halogens is 1. The molecule has 1 unspecified atom stereocenters. The Morgan fingerprint density at radius 2 is 2.00 bits per heavy atom. The summed E-state index contributed by atoms with van der Waals surface area (Å²) in [5, 5.41) is 6.20. The zero-order chi connectivity index (χ0) is 16.0. The average Bonchev–Trinajstić information content (AvgIpc) is 2.83. The summed E-state index contributed by atoms with van der Waals surface area (Å²) in [4.78, 5) is 26.4. The molecule has 22 heavy (non-hydrogen) atoms. The highest BCUT2D eigenvalue weighted by atomic mass is 35.5. The number of nitrogens with zero attached hydrogens (tertiary/aromatic N) is 1. The summed E-state index contributed by atoms with van der Waals surface area (Å²) in [6, 6.07) is -0.0783. The molecule has 1 heterocycles. The third-order valence-corrected chi connectivity index (χ3v) is 4.33. The van der Waals surface area contributed by atoms with Crippen LogP contribution in [0.4, 0.5) is 0 Å². The molecule has 0 aromatic heterocycles. The molecular weight excluding hydrogens is 322 g/mol. The molecule has 1 rings (SSSR count). The van der Waals surface area contributed by atoms with Gasteiger partial charge in [-0.25, -0.2) is 0 Å². The van der Waals surface area contributed by atoms with Gasteiger partial charge in [-0.05, 0) is 18.9 Å². The number of rotatable bonds is 6. The maximum atomic E-state index is 12.3. The lowest BCUT2D eigenvalue weighted by molar-refractivity contribution is -0.139. The number of hydrogen-bond acceptors (Lipinski definition) is 4. The van der Waals surface area contributed by atoms with Crippen molar-refractivity contribution in [3.05, 3.63) is 0 Å². The van der Waals surface area contributed by atoms with E-state index >= 15 is 0 Å². The van der Waals surface area contributed by atoms with Crippen LogP contribution in [0.2, 0.25) is 0 Å². The van der Waals surface area contributed by atoms with Gasteiger partial charge in [0.1, 0.15) is 6.04 Å². The zero-order valence-electron chi connectivity index (χ0n) is 14.3. The molecule has 1 aliphatic rings. The van der Waals surface area contributed by atoms with Gasteiger partial charge in [-0.1, -0.05) is 27.7 Å².